The van der Waals surface area contributed by atoms with Gasteiger partial charge in [0.25, 0.3) is 0 Å². The van der Waals surface area contributed by atoms with E-state index in [9.17, 15) is 4.79 Å². The Kier molecular flexibility index (Phi) is 3.28. The van der Waals surface area contributed by atoms with E-state index in [1.54, 1.807) is 11.1 Å². The maximum Gasteiger partial charge on any atom is 0.410 e. The number of rotatable bonds is 1. The molecular formula is C14H20N2O2. The molecule has 1 aromatic rings. The Morgan fingerprint density at radius 2 is 2.22 bits per heavy atom. The topological polar surface area (TPSA) is 42.4 Å². The summed E-state index contributed by atoms with van der Waals surface area (Å²) in [6.45, 7) is 8.41. The summed E-state index contributed by atoms with van der Waals surface area (Å²) < 4.78 is 5.37. The molecule has 18 heavy (non-hydrogen) atoms. The van der Waals surface area contributed by atoms with Gasteiger partial charge in [-0.15, -0.1) is 0 Å². The quantitative estimate of drug-likeness (QED) is 0.767. The van der Waals surface area contributed by atoms with Crippen LogP contribution in [0.3, 0.4) is 0 Å². The van der Waals surface area contributed by atoms with Crippen LogP contribution >= 0.6 is 0 Å². The fraction of sp³-hybridized carbons (Fsp3) is 0.571. The van der Waals surface area contributed by atoms with Gasteiger partial charge in [0.1, 0.15) is 5.60 Å². The molecular weight excluding hydrogens is 228 g/mol. The van der Waals surface area contributed by atoms with Gasteiger partial charge in [-0.25, -0.2) is 4.79 Å². The predicted octanol–water partition coefficient (Wildman–Crippen LogP) is 2.80. The molecule has 4 heteroatoms. The van der Waals surface area contributed by atoms with Crippen LogP contribution in [0, 0.1) is 0 Å². The summed E-state index contributed by atoms with van der Waals surface area (Å²) in [5.41, 5.74) is 0.751. The fourth-order valence-corrected chi connectivity index (χ4v) is 2.15. The normalized spacial score (nSPS) is 23.4. The van der Waals surface area contributed by atoms with Gasteiger partial charge in [0, 0.05) is 30.9 Å². The molecule has 0 radical (unpaired) electrons. The van der Waals surface area contributed by atoms with Crippen molar-refractivity contribution in [3.05, 3.63) is 30.1 Å². The molecule has 0 saturated carbocycles. The standard InChI is InChI=1S/C14H20N2O2/c1-10-12(11-6-5-7-15-8-11)9-16(10)13(17)18-14(2,3)4/h5-8,10,12H,9H2,1-4H3/t10-,12+/m0/s1. The van der Waals surface area contributed by atoms with Gasteiger partial charge in [-0.3, -0.25) is 4.98 Å². The first kappa shape index (κ1) is 12.9. The van der Waals surface area contributed by atoms with Gasteiger partial charge < -0.3 is 9.64 Å². The minimum Gasteiger partial charge on any atom is -0.444 e. The van der Waals surface area contributed by atoms with Crippen molar-refractivity contribution in [3.63, 3.8) is 0 Å². The molecule has 1 aliphatic heterocycles. The summed E-state index contributed by atoms with van der Waals surface area (Å²) in [6, 6.07) is 4.16. The number of amides is 1. The van der Waals surface area contributed by atoms with Crippen molar-refractivity contribution in [1.29, 1.82) is 0 Å². The van der Waals surface area contributed by atoms with Crippen molar-refractivity contribution in [3.8, 4) is 0 Å². The van der Waals surface area contributed by atoms with Gasteiger partial charge in [0.15, 0.2) is 0 Å². The summed E-state index contributed by atoms with van der Waals surface area (Å²) in [6.07, 6.45) is 3.40. The largest absolute Gasteiger partial charge is 0.444 e. The predicted molar refractivity (Wildman–Crippen MR) is 69.4 cm³/mol. The lowest BCUT2D eigenvalue weighted by Gasteiger charge is -2.46. The van der Waals surface area contributed by atoms with Gasteiger partial charge >= 0.3 is 6.09 Å². The molecule has 0 aliphatic carbocycles. The van der Waals surface area contributed by atoms with Gasteiger partial charge in [-0.1, -0.05) is 6.07 Å². The number of likely N-dealkylation sites (tertiary alicyclic amines) is 1. The Labute approximate surface area is 108 Å². The smallest absolute Gasteiger partial charge is 0.410 e. The summed E-state index contributed by atoms with van der Waals surface area (Å²) in [4.78, 5) is 17.8. The number of hydrogen-bond acceptors (Lipinski definition) is 3. The molecule has 0 spiro atoms. The number of ether oxygens (including phenoxy) is 1. The van der Waals surface area contributed by atoms with E-state index in [4.69, 9.17) is 4.74 Å². The third kappa shape index (κ3) is 2.63. The summed E-state index contributed by atoms with van der Waals surface area (Å²) in [7, 11) is 0. The lowest BCUT2D eigenvalue weighted by Crippen LogP contribution is -2.56. The average molecular weight is 248 g/mol. The first-order chi connectivity index (χ1) is 8.38. The molecule has 2 rings (SSSR count). The molecule has 1 aromatic heterocycles. The van der Waals surface area contributed by atoms with E-state index in [0.29, 0.717) is 12.5 Å². The van der Waals surface area contributed by atoms with E-state index in [0.717, 1.165) is 0 Å². The van der Waals surface area contributed by atoms with Gasteiger partial charge in [-0.2, -0.15) is 0 Å². The van der Waals surface area contributed by atoms with E-state index in [-0.39, 0.29) is 12.1 Å². The fourth-order valence-electron chi connectivity index (χ4n) is 2.15. The van der Waals surface area contributed by atoms with Crippen LogP contribution in [0.5, 0.6) is 0 Å². The summed E-state index contributed by atoms with van der Waals surface area (Å²) >= 11 is 0. The van der Waals surface area contributed by atoms with Gasteiger partial charge in [-0.05, 0) is 39.3 Å². The van der Waals surface area contributed by atoms with Crippen molar-refractivity contribution in [2.75, 3.05) is 6.54 Å². The third-order valence-electron chi connectivity index (χ3n) is 3.21. The Hall–Kier alpha value is -1.58. The summed E-state index contributed by atoms with van der Waals surface area (Å²) in [5.74, 6) is 0.367. The van der Waals surface area contributed by atoms with Gasteiger partial charge in [0.05, 0.1) is 0 Å². The number of carbonyl (C=O) groups is 1. The molecule has 2 atom stereocenters. The zero-order valence-corrected chi connectivity index (χ0v) is 11.4. The molecule has 2 heterocycles. The van der Waals surface area contributed by atoms with Crippen molar-refractivity contribution in [2.45, 2.75) is 45.3 Å². The first-order valence-corrected chi connectivity index (χ1v) is 6.28. The van der Waals surface area contributed by atoms with Crippen molar-refractivity contribution in [2.24, 2.45) is 0 Å². The zero-order valence-electron chi connectivity index (χ0n) is 11.4. The van der Waals surface area contributed by atoms with Crippen molar-refractivity contribution >= 4 is 6.09 Å². The van der Waals surface area contributed by atoms with E-state index in [1.807, 2.05) is 40.0 Å². The highest BCUT2D eigenvalue weighted by molar-refractivity contribution is 5.70. The molecule has 1 aliphatic rings. The number of carbonyl (C=O) groups excluding carboxylic acids is 1. The Bertz CT molecular complexity index is 425. The highest BCUT2D eigenvalue weighted by Gasteiger charge is 2.41. The highest BCUT2D eigenvalue weighted by Crippen LogP contribution is 2.34. The second-order valence-corrected chi connectivity index (χ2v) is 5.77. The molecule has 0 bridgehead atoms. The van der Waals surface area contributed by atoms with E-state index >= 15 is 0 Å². The highest BCUT2D eigenvalue weighted by atomic mass is 16.6. The second-order valence-electron chi connectivity index (χ2n) is 5.77. The van der Waals surface area contributed by atoms with Crippen molar-refractivity contribution in [1.82, 2.24) is 9.88 Å². The molecule has 1 fully saturated rings. The lowest BCUT2D eigenvalue weighted by molar-refractivity contribution is -0.00980. The van der Waals surface area contributed by atoms with Crippen LogP contribution in [0.15, 0.2) is 24.5 Å². The molecule has 1 amide bonds. The Balaban J connectivity index is 1.96. The van der Waals surface area contributed by atoms with Crippen LogP contribution in [0.4, 0.5) is 4.79 Å². The van der Waals surface area contributed by atoms with Crippen LogP contribution in [0.25, 0.3) is 0 Å². The maximum absolute atomic E-state index is 11.9. The molecule has 0 N–H and O–H groups in total. The van der Waals surface area contributed by atoms with E-state index in [2.05, 4.69) is 11.1 Å². The number of nitrogens with zero attached hydrogens (tertiary/aromatic N) is 2. The first-order valence-electron chi connectivity index (χ1n) is 6.28. The Morgan fingerprint density at radius 1 is 1.50 bits per heavy atom. The Morgan fingerprint density at radius 3 is 2.72 bits per heavy atom. The molecule has 0 unspecified atom stereocenters. The van der Waals surface area contributed by atoms with Crippen LogP contribution in [-0.4, -0.2) is 34.2 Å². The van der Waals surface area contributed by atoms with Crippen LogP contribution in [-0.2, 0) is 4.74 Å². The van der Waals surface area contributed by atoms with Gasteiger partial charge in [0.2, 0.25) is 0 Å². The average Bonchev–Trinajstić information content (AvgIpc) is 2.26. The van der Waals surface area contributed by atoms with Crippen LogP contribution < -0.4 is 0 Å². The number of aromatic nitrogens is 1. The summed E-state index contributed by atoms with van der Waals surface area (Å²) in [5, 5.41) is 0. The van der Waals surface area contributed by atoms with Crippen LogP contribution in [0.1, 0.15) is 39.2 Å². The molecule has 0 aromatic carbocycles. The maximum atomic E-state index is 11.9. The van der Waals surface area contributed by atoms with E-state index < -0.39 is 5.60 Å². The SMILES string of the molecule is C[C@H]1[C@H](c2cccnc2)CN1C(=O)OC(C)(C)C. The monoisotopic (exact) mass is 248 g/mol. The zero-order chi connectivity index (χ0) is 13.3. The third-order valence-corrected chi connectivity index (χ3v) is 3.21. The minimum atomic E-state index is -0.434. The lowest BCUT2D eigenvalue weighted by atomic mass is 9.85. The van der Waals surface area contributed by atoms with E-state index in [1.165, 1.54) is 5.56 Å². The van der Waals surface area contributed by atoms with Crippen LogP contribution in [0.2, 0.25) is 0 Å². The molecule has 1 saturated heterocycles. The molecule has 98 valence electrons. The minimum absolute atomic E-state index is 0.170. The number of pyridine rings is 1. The molecule has 4 nitrogen and oxygen atoms in total. The number of hydrogen-bond donors (Lipinski definition) is 0. The van der Waals surface area contributed by atoms with Crippen molar-refractivity contribution < 1.29 is 9.53 Å². The second kappa shape index (κ2) is 4.59.